The van der Waals surface area contributed by atoms with Crippen LogP contribution >= 0.6 is 0 Å². The van der Waals surface area contributed by atoms with Crippen LogP contribution in [0, 0.1) is 12.7 Å². The van der Waals surface area contributed by atoms with Gasteiger partial charge in [0.2, 0.25) is 0 Å². The van der Waals surface area contributed by atoms with Gasteiger partial charge < -0.3 is 9.15 Å². The van der Waals surface area contributed by atoms with Crippen molar-refractivity contribution < 1.29 is 18.3 Å². The van der Waals surface area contributed by atoms with Gasteiger partial charge in [0, 0.05) is 0 Å². The molecule has 1 aromatic carbocycles. The number of rotatable bonds is 4. The normalized spacial score (nSPS) is 10.3. The maximum Gasteiger partial charge on any atom is 0.268 e. The van der Waals surface area contributed by atoms with Crippen molar-refractivity contribution in [2.75, 3.05) is 0 Å². The topological polar surface area (TPSA) is 77.5 Å². The Balaban J connectivity index is 2.13. The highest BCUT2D eigenvalue weighted by molar-refractivity contribution is 5.94. The van der Waals surface area contributed by atoms with E-state index < -0.39 is 11.7 Å². The van der Waals surface area contributed by atoms with Crippen LogP contribution < -0.4 is 16.0 Å². The van der Waals surface area contributed by atoms with E-state index in [1.165, 1.54) is 18.4 Å². The number of furan rings is 1. The first-order valence-corrected chi connectivity index (χ1v) is 5.58. The lowest BCUT2D eigenvalue weighted by Crippen LogP contribution is -2.30. The van der Waals surface area contributed by atoms with E-state index in [1.54, 1.807) is 19.1 Å². The number of halogens is 1. The van der Waals surface area contributed by atoms with Crippen molar-refractivity contribution in [1.29, 1.82) is 0 Å². The zero-order chi connectivity index (χ0) is 13.8. The Hall–Kier alpha value is -2.34. The highest BCUT2D eigenvalue weighted by Gasteiger charge is 2.15. The van der Waals surface area contributed by atoms with Crippen molar-refractivity contribution in [2.24, 2.45) is 5.84 Å². The Morgan fingerprint density at radius 1 is 1.47 bits per heavy atom. The summed E-state index contributed by atoms with van der Waals surface area (Å²) in [6.45, 7) is 1.58. The fraction of sp³-hybridized carbons (Fsp3) is 0.154. The van der Waals surface area contributed by atoms with Gasteiger partial charge >= 0.3 is 0 Å². The second kappa shape index (κ2) is 5.53. The van der Waals surface area contributed by atoms with Crippen molar-refractivity contribution in [2.45, 2.75) is 13.5 Å². The van der Waals surface area contributed by atoms with Crippen LogP contribution in [0.2, 0.25) is 0 Å². The molecule has 0 saturated heterocycles. The Kier molecular flexibility index (Phi) is 3.82. The maximum atomic E-state index is 13.7. The molecule has 2 aromatic rings. The third kappa shape index (κ3) is 2.74. The molecule has 0 aliphatic carbocycles. The number of carbonyl (C=O) groups excluding carboxylic acids is 1. The van der Waals surface area contributed by atoms with Crippen LogP contribution in [0.4, 0.5) is 4.39 Å². The first-order chi connectivity index (χ1) is 9.13. The molecule has 3 N–H and O–H groups in total. The van der Waals surface area contributed by atoms with E-state index in [2.05, 4.69) is 0 Å². The molecule has 1 amide bonds. The molecule has 0 aliphatic rings. The molecule has 0 aliphatic heterocycles. The molecule has 1 aromatic heterocycles. The molecule has 6 heteroatoms. The highest BCUT2D eigenvalue weighted by Crippen LogP contribution is 2.21. The van der Waals surface area contributed by atoms with Crippen LogP contribution in [-0.4, -0.2) is 5.91 Å². The first kappa shape index (κ1) is 13.1. The van der Waals surface area contributed by atoms with Crippen LogP contribution in [0.1, 0.15) is 21.7 Å². The summed E-state index contributed by atoms with van der Waals surface area (Å²) in [4.78, 5) is 11.4. The SMILES string of the molecule is Cc1cccc(OCc2occc2C(=O)NN)c1F. The van der Waals surface area contributed by atoms with Gasteiger partial charge in [-0.1, -0.05) is 12.1 Å². The van der Waals surface area contributed by atoms with Crippen LogP contribution in [0.15, 0.2) is 34.9 Å². The molecule has 0 radical (unpaired) electrons. The third-order valence-electron chi connectivity index (χ3n) is 2.64. The molecular formula is C13H13FN2O3. The maximum absolute atomic E-state index is 13.7. The first-order valence-electron chi connectivity index (χ1n) is 5.58. The second-order valence-electron chi connectivity index (χ2n) is 3.91. The number of amides is 1. The Morgan fingerprint density at radius 2 is 2.26 bits per heavy atom. The van der Waals surface area contributed by atoms with Gasteiger partial charge in [-0.2, -0.15) is 0 Å². The summed E-state index contributed by atoms with van der Waals surface area (Å²) >= 11 is 0. The molecule has 5 nitrogen and oxygen atoms in total. The highest BCUT2D eigenvalue weighted by atomic mass is 19.1. The lowest BCUT2D eigenvalue weighted by molar-refractivity contribution is 0.0949. The van der Waals surface area contributed by atoms with Crippen LogP contribution in [0.25, 0.3) is 0 Å². The standard InChI is InChI=1S/C13H13FN2O3/c1-8-3-2-4-10(12(8)14)19-7-11-9(5-6-18-11)13(17)16-15/h2-6H,7,15H2,1H3,(H,16,17). The van der Waals surface area contributed by atoms with E-state index in [0.29, 0.717) is 5.56 Å². The monoisotopic (exact) mass is 264 g/mol. The van der Waals surface area contributed by atoms with E-state index in [9.17, 15) is 9.18 Å². The minimum atomic E-state index is -0.489. The average molecular weight is 264 g/mol. The molecule has 0 saturated carbocycles. The minimum Gasteiger partial charge on any atom is -0.483 e. The van der Waals surface area contributed by atoms with Crippen molar-refractivity contribution in [3.8, 4) is 5.75 Å². The number of hydrogen-bond donors (Lipinski definition) is 2. The lowest BCUT2D eigenvalue weighted by Gasteiger charge is -2.08. The summed E-state index contributed by atoms with van der Waals surface area (Å²) in [6, 6.07) is 6.30. The molecule has 0 unspecified atom stereocenters. The summed E-state index contributed by atoms with van der Waals surface area (Å²) in [5, 5.41) is 0. The fourth-order valence-electron chi connectivity index (χ4n) is 1.61. The molecule has 1 heterocycles. The number of carbonyl (C=O) groups is 1. The van der Waals surface area contributed by atoms with Crippen molar-refractivity contribution in [3.63, 3.8) is 0 Å². The summed E-state index contributed by atoms with van der Waals surface area (Å²) < 4.78 is 24.1. The predicted molar refractivity (Wildman–Crippen MR) is 65.8 cm³/mol. The molecule has 19 heavy (non-hydrogen) atoms. The smallest absolute Gasteiger partial charge is 0.268 e. The molecule has 0 atom stereocenters. The molecule has 2 rings (SSSR count). The van der Waals surface area contributed by atoms with Crippen molar-refractivity contribution in [1.82, 2.24) is 5.43 Å². The number of nitrogens with two attached hydrogens (primary N) is 1. The number of ether oxygens (including phenoxy) is 1. The van der Waals surface area contributed by atoms with Crippen LogP contribution in [0.5, 0.6) is 5.75 Å². The Bertz CT molecular complexity index is 595. The van der Waals surface area contributed by atoms with Gasteiger partial charge in [0.05, 0.1) is 11.8 Å². The van der Waals surface area contributed by atoms with Gasteiger partial charge in [0.1, 0.15) is 6.61 Å². The summed E-state index contributed by atoms with van der Waals surface area (Å²) in [5.74, 6) is 4.51. The number of nitrogen functional groups attached to an aromatic ring is 1. The number of hydrogen-bond acceptors (Lipinski definition) is 4. The van der Waals surface area contributed by atoms with E-state index in [4.69, 9.17) is 15.0 Å². The van der Waals surface area contributed by atoms with Gasteiger partial charge in [-0.05, 0) is 24.6 Å². The number of benzene rings is 1. The van der Waals surface area contributed by atoms with Crippen molar-refractivity contribution in [3.05, 3.63) is 53.2 Å². The minimum absolute atomic E-state index is 0.0594. The van der Waals surface area contributed by atoms with E-state index in [-0.39, 0.29) is 23.7 Å². The van der Waals surface area contributed by atoms with Crippen molar-refractivity contribution >= 4 is 5.91 Å². The van der Waals surface area contributed by atoms with E-state index >= 15 is 0 Å². The zero-order valence-corrected chi connectivity index (χ0v) is 10.3. The van der Waals surface area contributed by atoms with Gasteiger partial charge in [0.25, 0.3) is 5.91 Å². The van der Waals surface area contributed by atoms with E-state index in [0.717, 1.165) is 0 Å². The van der Waals surface area contributed by atoms with Crippen LogP contribution in [0.3, 0.4) is 0 Å². The van der Waals surface area contributed by atoms with E-state index in [1.807, 2.05) is 5.43 Å². The van der Waals surface area contributed by atoms with Gasteiger partial charge in [0.15, 0.2) is 17.3 Å². The second-order valence-corrected chi connectivity index (χ2v) is 3.91. The quantitative estimate of drug-likeness (QED) is 0.502. The predicted octanol–water partition coefficient (Wildman–Crippen LogP) is 1.91. The molecule has 0 spiro atoms. The largest absolute Gasteiger partial charge is 0.483 e. The van der Waals surface area contributed by atoms with Gasteiger partial charge in [-0.3, -0.25) is 10.2 Å². The number of hydrazine groups is 1. The van der Waals surface area contributed by atoms with Gasteiger partial charge in [-0.25, -0.2) is 10.2 Å². The molecule has 100 valence electrons. The number of aryl methyl sites for hydroxylation is 1. The summed E-state index contributed by atoms with van der Waals surface area (Å²) in [6.07, 6.45) is 1.34. The van der Waals surface area contributed by atoms with Gasteiger partial charge in [-0.15, -0.1) is 0 Å². The fourth-order valence-corrected chi connectivity index (χ4v) is 1.61. The summed E-state index contributed by atoms with van der Waals surface area (Å²) in [7, 11) is 0. The molecular weight excluding hydrogens is 251 g/mol. The Morgan fingerprint density at radius 3 is 3.00 bits per heavy atom. The Labute approximate surface area is 109 Å². The van der Waals surface area contributed by atoms with Crippen LogP contribution in [-0.2, 0) is 6.61 Å². The lowest BCUT2D eigenvalue weighted by atomic mass is 10.2. The zero-order valence-electron chi connectivity index (χ0n) is 10.3. The average Bonchev–Trinajstić information content (AvgIpc) is 2.88. The third-order valence-corrected chi connectivity index (χ3v) is 2.64. The summed E-state index contributed by atoms with van der Waals surface area (Å²) in [5.41, 5.74) is 2.74. The molecule has 0 bridgehead atoms. The number of nitrogens with one attached hydrogen (secondary N) is 1. The molecule has 0 fully saturated rings.